The average molecular weight is 354 g/mol. The summed E-state index contributed by atoms with van der Waals surface area (Å²) in [5.74, 6) is 3.44. The molecule has 1 unspecified atom stereocenters. The number of ether oxygens (including phenoxy) is 2. The molecule has 1 N–H and O–H groups in total. The minimum absolute atomic E-state index is 0.0773. The molecule has 1 aliphatic carbocycles. The molecule has 26 heavy (non-hydrogen) atoms. The second kappa shape index (κ2) is 8.01. The third-order valence-corrected chi connectivity index (χ3v) is 5.03. The fourth-order valence-corrected chi connectivity index (χ4v) is 3.23. The van der Waals surface area contributed by atoms with E-state index in [9.17, 15) is 0 Å². The van der Waals surface area contributed by atoms with Crippen LogP contribution in [0.3, 0.4) is 0 Å². The lowest BCUT2D eigenvalue weighted by Gasteiger charge is -2.34. The van der Waals surface area contributed by atoms with Gasteiger partial charge in [-0.1, -0.05) is 12.1 Å². The highest BCUT2D eigenvalue weighted by Crippen LogP contribution is 2.29. The molecule has 1 saturated carbocycles. The zero-order valence-corrected chi connectivity index (χ0v) is 15.2. The predicted molar refractivity (Wildman–Crippen MR) is 100 cm³/mol. The monoisotopic (exact) mass is 354 g/mol. The van der Waals surface area contributed by atoms with Gasteiger partial charge in [-0.05, 0) is 42.5 Å². The number of nitrogens with one attached hydrogen (secondary N) is 1. The van der Waals surface area contributed by atoms with Gasteiger partial charge in [0.25, 0.3) is 0 Å². The SMILES string of the molecule is COc1ccc(CN2CCOCC2c2nccc(NCC3CC3)n2)cc1. The molecule has 6 heteroatoms. The van der Waals surface area contributed by atoms with Crippen molar-refractivity contribution in [3.8, 4) is 5.75 Å². The summed E-state index contributed by atoms with van der Waals surface area (Å²) in [4.78, 5) is 11.7. The van der Waals surface area contributed by atoms with Crippen molar-refractivity contribution in [2.24, 2.45) is 5.92 Å². The van der Waals surface area contributed by atoms with Crippen LogP contribution in [0.15, 0.2) is 36.5 Å². The molecular weight excluding hydrogens is 328 g/mol. The molecule has 2 heterocycles. The highest BCUT2D eigenvalue weighted by atomic mass is 16.5. The summed E-state index contributed by atoms with van der Waals surface area (Å²) >= 11 is 0. The highest BCUT2D eigenvalue weighted by Gasteiger charge is 2.27. The number of morpholine rings is 1. The van der Waals surface area contributed by atoms with Gasteiger partial charge in [-0.15, -0.1) is 0 Å². The third-order valence-electron chi connectivity index (χ3n) is 5.03. The molecule has 1 aromatic heterocycles. The van der Waals surface area contributed by atoms with Crippen LogP contribution in [0, 0.1) is 5.92 Å². The Morgan fingerprint density at radius 3 is 2.85 bits per heavy atom. The van der Waals surface area contributed by atoms with Gasteiger partial charge in [0.1, 0.15) is 17.4 Å². The van der Waals surface area contributed by atoms with Crippen LogP contribution in [-0.4, -0.2) is 48.3 Å². The van der Waals surface area contributed by atoms with Gasteiger partial charge in [0, 0.05) is 25.8 Å². The van der Waals surface area contributed by atoms with Crippen molar-refractivity contribution in [1.29, 1.82) is 0 Å². The molecule has 2 aliphatic rings. The highest BCUT2D eigenvalue weighted by molar-refractivity contribution is 5.34. The van der Waals surface area contributed by atoms with E-state index >= 15 is 0 Å². The van der Waals surface area contributed by atoms with Crippen LogP contribution in [-0.2, 0) is 11.3 Å². The van der Waals surface area contributed by atoms with Crippen molar-refractivity contribution in [2.45, 2.75) is 25.4 Å². The third kappa shape index (κ3) is 4.31. The van der Waals surface area contributed by atoms with E-state index in [4.69, 9.17) is 14.5 Å². The van der Waals surface area contributed by atoms with E-state index in [2.05, 4.69) is 27.3 Å². The summed E-state index contributed by atoms with van der Waals surface area (Å²) in [6.07, 6.45) is 4.51. The fraction of sp³-hybridized carbons (Fsp3) is 0.500. The summed E-state index contributed by atoms with van der Waals surface area (Å²) in [5.41, 5.74) is 1.25. The lowest BCUT2D eigenvalue weighted by molar-refractivity contribution is -0.0159. The van der Waals surface area contributed by atoms with Gasteiger partial charge in [0.2, 0.25) is 0 Å². The van der Waals surface area contributed by atoms with E-state index in [0.717, 1.165) is 49.6 Å². The summed E-state index contributed by atoms with van der Waals surface area (Å²) in [6, 6.07) is 10.3. The second-order valence-corrected chi connectivity index (χ2v) is 7.03. The second-order valence-electron chi connectivity index (χ2n) is 7.03. The molecule has 4 rings (SSSR count). The van der Waals surface area contributed by atoms with Crippen LogP contribution in [0.5, 0.6) is 5.75 Å². The van der Waals surface area contributed by atoms with Crippen LogP contribution in [0.25, 0.3) is 0 Å². The van der Waals surface area contributed by atoms with E-state index in [1.54, 1.807) is 7.11 Å². The molecule has 1 aromatic carbocycles. The van der Waals surface area contributed by atoms with E-state index in [1.807, 2.05) is 24.4 Å². The van der Waals surface area contributed by atoms with E-state index in [0.29, 0.717) is 6.61 Å². The quantitative estimate of drug-likeness (QED) is 0.825. The number of benzene rings is 1. The lowest BCUT2D eigenvalue weighted by atomic mass is 10.1. The Morgan fingerprint density at radius 1 is 1.23 bits per heavy atom. The zero-order chi connectivity index (χ0) is 17.8. The smallest absolute Gasteiger partial charge is 0.150 e. The maximum absolute atomic E-state index is 5.73. The standard InChI is InChI=1S/C20H26N4O2/c1-25-17-6-4-16(5-7-17)13-24-10-11-26-14-18(24)20-21-9-8-19(23-20)22-12-15-2-3-15/h4-9,15,18H,2-3,10-14H2,1H3,(H,21,22,23). The number of hydrogen-bond donors (Lipinski definition) is 1. The number of methoxy groups -OCH3 is 1. The van der Waals surface area contributed by atoms with Crippen LogP contribution in [0.2, 0.25) is 0 Å². The first-order valence-electron chi connectivity index (χ1n) is 9.33. The Bertz CT molecular complexity index is 718. The first kappa shape index (κ1) is 17.2. The Morgan fingerprint density at radius 2 is 2.08 bits per heavy atom. The number of anilines is 1. The first-order chi connectivity index (χ1) is 12.8. The summed E-state index contributed by atoms with van der Waals surface area (Å²) < 4.78 is 11.0. The number of nitrogens with zero attached hydrogens (tertiary/aromatic N) is 3. The van der Waals surface area contributed by atoms with Gasteiger partial charge in [0.15, 0.2) is 0 Å². The van der Waals surface area contributed by atoms with Crippen molar-refractivity contribution in [3.63, 3.8) is 0 Å². The number of hydrogen-bond acceptors (Lipinski definition) is 6. The van der Waals surface area contributed by atoms with Crippen molar-refractivity contribution < 1.29 is 9.47 Å². The van der Waals surface area contributed by atoms with Crippen LogP contribution in [0.1, 0.15) is 30.3 Å². The van der Waals surface area contributed by atoms with Crippen LogP contribution in [0.4, 0.5) is 5.82 Å². The molecule has 138 valence electrons. The van der Waals surface area contributed by atoms with Crippen molar-refractivity contribution in [3.05, 3.63) is 47.9 Å². The number of aromatic nitrogens is 2. The number of rotatable bonds is 7. The van der Waals surface area contributed by atoms with Crippen LogP contribution < -0.4 is 10.1 Å². The topological polar surface area (TPSA) is 59.5 Å². The first-order valence-corrected chi connectivity index (χ1v) is 9.33. The van der Waals surface area contributed by atoms with Crippen molar-refractivity contribution in [1.82, 2.24) is 14.9 Å². The zero-order valence-electron chi connectivity index (χ0n) is 15.2. The molecule has 2 fully saturated rings. The molecule has 2 aromatic rings. The lowest BCUT2D eigenvalue weighted by Crippen LogP contribution is -2.39. The van der Waals surface area contributed by atoms with Crippen LogP contribution >= 0.6 is 0 Å². The molecule has 1 atom stereocenters. The summed E-state index contributed by atoms with van der Waals surface area (Å²) in [5, 5.41) is 3.44. The molecule has 0 radical (unpaired) electrons. The van der Waals surface area contributed by atoms with E-state index in [1.165, 1.54) is 18.4 Å². The minimum Gasteiger partial charge on any atom is -0.497 e. The molecule has 1 aliphatic heterocycles. The van der Waals surface area contributed by atoms with Gasteiger partial charge >= 0.3 is 0 Å². The minimum atomic E-state index is 0.0773. The molecule has 0 amide bonds. The molecule has 6 nitrogen and oxygen atoms in total. The Balaban J connectivity index is 1.46. The maximum Gasteiger partial charge on any atom is 0.150 e. The largest absolute Gasteiger partial charge is 0.497 e. The molecule has 0 bridgehead atoms. The Kier molecular flexibility index (Phi) is 5.32. The van der Waals surface area contributed by atoms with Gasteiger partial charge in [0.05, 0.1) is 26.4 Å². The summed E-state index contributed by atoms with van der Waals surface area (Å²) in [7, 11) is 1.69. The molecule has 1 saturated heterocycles. The van der Waals surface area contributed by atoms with Gasteiger partial charge in [-0.3, -0.25) is 4.90 Å². The Labute approximate surface area is 154 Å². The van der Waals surface area contributed by atoms with Gasteiger partial charge in [-0.2, -0.15) is 0 Å². The van der Waals surface area contributed by atoms with Gasteiger partial charge < -0.3 is 14.8 Å². The van der Waals surface area contributed by atoms with Gasteiger partial charge in [-0.25, -0.2) is 9.97 Å². The predicted octanol–water partition coefficient (Wildman–Crippen LogP) is 2.88. The van der Waals surface area contributed by atoms with E-state index < -0.39 is 0 Å². The maximum atomic E-state index is 5.73. The Hall–Kier alpha value is -2.18. The molecule has 0 spiro atoms. The average Bonchev–Trinajstić information content (AvgIpc) is 3.52. The summed E-state index contributed by atoms with van der Waals surface area (Å²) in [6.45, 7) is 4.10. The fourth-order valence-electron chi connectivity index (χ4n) is 3.23. The van der Waals surface area contributed by atoms with Crippen molar-refractivity contribution >= 4 is 5.82 Å². The van der Waals surface area contributed by atoms with Crippen molar-refractivity contribution in [2.75, 3.05) is 38.7 Å². The normalized spacial score (nSPS) is 20.7. The molecular formula is C20H26N4O2. The van der Waals surface area contributed by atoms with E-state index in [-0.39, 0.29) is 6.04 Å².